The second-order valence-electron chi connectivity index (χ2n) is 11.5. The Morgan fingerprint density at radius 2 is 1.98 bits per heavy atom. The minimum absolute atomic E-state index is 0.0315. The summed E-state index contributed by atoms with van der Waals surface area (Å²) >= 11 is 1.52. The average molecular weight is 616 g/mol. The van der Waals surface area contributed by atoms with Gasteiger partial charge in [0.2, 0.25) is 0 Å². The number of carbonyl (C=O) groups excluding carboxylic acids is 2. The lowest BCUT2D eigenvalue weighted by molar-refractivity contribution is 0.0303. The highest BCUT2D eigenvalue weighted by atomic mass is 32.1. The Morgan fingerprint density at radius 3 is 2.75 bits per heavy atom. The third-order valence-electron chi connectivity index (χ3n) is 8.22. The summed E-state index contributed by atoms with van der Waals surface area (Å²) in [4.78, 5) is 47.1. The molecule has 11 heteroatoms. The predicted octanol–water partition coefficient (Wildman–Crippen LogP) is 5.00. The minimum Gasteiger partial charge on any atom is -0.398 e. The van der Waals surface area contributed by atoms with E-state index in [0.717, 1.165) is 19.3 Å². The second kappa shape index (κ2) is 12.3. The van der Waals surface area contributed by atoms with Crippen molar-refractivity contribution in [3.63, 3.8) is 0 Å². The van der Waals surface area contributed by atoms with Crippen molar-refractivity contribution >= 4 is 40.2 Å². The maximum Gasteiger partial charge on any atom is 0.293 e. The van der Waals surface area contributed by atoms with E-state index in [1.165, 1.54) is 32.5 Å². The van der Waals surface area contributed by atoms with Gasteiger partial charge >= 0.3 is 0 Å². The van der Waals surface area contributed by atoms with Crippen molar-refractivity contribution in [2.45, 2.75) is 32.6 Å². The van der Waals surface area contributed by atoms with Gasteiger partial charge in [0, 0.05) is 54.6 Å². The SMILES string of the molecule is CC1CCc2sc(C(=O)Cc3cccc(-c4cn(C)c(=O)c(Nc5ccc(C(=O)N6CCOCC6)c(N)c5)n4)c3F)cc2C1. The van der Waals surface area contributed by atoms with E-state index in [1.54, 1.807) is 48.3 Å². The van der Waals surface area contributed by atoms with Crippen LogP contribution in [0.5, 0.6) is 0 Å². The molecular formula is C33H34FN5O4S. The number of hydrogen-bond acceptors (Lipinski definition) is 8. The van der Waals surface area contributed by atoms with Crippen LogP contribution < -0.4 is 16.6 Å². The first-order chi connectivity index (χ1) is 21.2. The van der Waals surface area contributed by atoms with Crippen LogP contribution in [0.2, 0.25) is 0 Å². The molecule has 1 aliphatic carbocycles. The fraction of sp³-hybridized carbons (Fsp3) is 0.333. The van der Waals surface area contributed by atoms with Gasteiger partial charge in [-0.3, -0.25) is 14.4 Å². The van der Waals surface area contributed by atoms with Crippen LogP contribution in [0.4, 0.5) is 21.6 Å². The number of amides is 1. The average Bonchev–Trinajstić information content (AvgIpc) is 3.44. The molecule has 44 heavy (non-hydrogen) atoms. The van der Waals surface area contributed by atoms with Gasteiger partial charge in [-0.1, -0.05) is 19.1 Å². The van der Waals surface area contributed by atoms with Crippen molar-refractivity contribution in [3.8, 4) is 11.3 Å². The van der Waals surface area contributed by atoms with Gasteiger partial charge in [0.1, 0.15) is 5.82 Å². The lowest BCUT2D eigenvalue weighted by Crippen LogP contribution is -2.40. The Balaban J connectivity index is 1.23. The lowest BCUT2D eigenvalue weighted by Gasteiger charge is -2.27. The van der Waals surface area contributed by atoms with E-state index in [0.29, 0.717) is 48.3 Å². The summed E-state index contributed by atoms with van der Waals surface area (Å²) in [7, 11) is 1.56. The number of ketones is 1. The first-order valence-corrected chi connectivity index (χ1v) is 15.5. The highest BCUT2D eigenvalue weighted by molar-refractivity contribution is 7.14. The van der Waals surface area contributed by atoms with Crippen molar-refractivity contribution in [1.29, 1.82) is 0 Å². The van der Waals surface area contributed by atoms with E-state index in [1.807, 2.05) is 6.07 Å². The molecule has 0 saturated carbocycles. The molecule has 1 amide bonds. The molecule has 1 atom stereocenters. The molecule has 0 radical (unpaired) electrons. The number of hydrogen-bond donors (Lipinski definition) is 2. The van der Waals surface area contributed by atoms with Crippen LogP contribution in [-0.2, 0) is 31.0 Å². The number of fused-ring (bicyclic) bond motifs is 1. The number of ether oxygens (including phenoxy) is 1. The fourth-order valence-corrected chi connectivity index (χ4v) is 6.89. The number of rotatable bonds is 7. The summed E-state index contributed by atoms with van der Waals surface area (Å²) in [6.45, 7) is 4.16. The van der Waals surface area contributed by atoms with Crippen molar-refractivity contribution < 1.29 is 18.7 Å². The van der Waals surface area contributed by atoms with Crippen LogP contribution in [0.1, 0.15) is 49.4 Å². The van der Waals surface area contributed by atoms with Crippen molar-refractivity contribution in [3.05, 3.63) is 91.3 Å². The number of nitrogen functional groups attached to an aromatic ring is 1. The van der Waals surface area contributed by atoms with E-state index in [2.05, 4.69) is 17.2 Å². The molecule has 1 fully saturated rings. The molecule has 1 aliphatic heterocycles. The fourth-order valence-electron chi connectivity index (χ4n) is 5.74. The van der Waals surface area contributed by atoms with Gasteiger partial charge < -0.3 is 25.3 Å². The number of benzene rings is 2. The monoisotopic (exact) mass is 615 g/mol. The van der Waals surface area contributed by atoms with Gasteiger partial charge in [-0.25, -0.2) is 9.37 Å². The topological polar surface area (TPSA) is 120 Å². The van der Waals surface area contributed by atoms with Gasteiger partial charge in [0.05, 0.1) is 29.3 Å². The highest BCUT2D eigenvalue weighted by Crippen LogP contribution is 2.33. The smallest absolute Gasteiger partial charge is 0.293 e. The minimum atomic E-state index is -0.553. The first-order valence-electron chi connectivity index (χ1n) is 14.7. The number of nitrogens with two attached hydrogens (primary N) is 1. The molecule has 1 saturated heterocycles. The van der Waals surface area contributed by atoms with E-state index in [4.69, 9.17) is 10.5 Å². The number of morpholine rings is 1. The molecule has 2 aromatic heterocycles. The number of halogens is 1. The van der Waals surface area contributed by atoms with Crippen LogP contribution in [-0.4, -0.2) is 52.4 Å². The maximum absolute atomic E-state index is 15.9. The van der Waals surface area contributed by atoms with Crippen LogP contribution in [0, 0.1) is 11.7 Å². The molecule has 3 heterocycles. The summed E-state index contributed by atoms with van der Waals surface area (Å²) in [5.41, 5.74) is 8.78. The zero-order valence-electron chi connectivity index (χ0n) is 24.7. The summed E-state index contributed by atoms with van der Waals surface area (Å²) in [5, 5.41) is 2.98. The Kier molecular flexibility index (Phi) is 8.33. The Morgan fingerprint density at radius 1 is 1.18 bits per heavy atom. The van der Waals surface area contributed by atoms with Gasteiger partial charge in [0.25, 0.3) is 11.5 Å². The molecule has 228 valence electrons. The third kappa shape index (κ3) is 6.02. The number of Topliss-reactive ketones (excluding diaryl/α,β-unsaturated/α-hetero) is 1. The standard InChI is InChI=1S/C33H34FN5O4S/c1-19-6-9-28-21(14-19)16-29(44-28)27(40)15-20-4-3-5-24(30(20)34)26-18-38(2)33(42)31(37-26)36-22-7-8-23(25(35)17-22)32(41)39-10-12-43-13-11-39/h3-5,7-8,16-19H,6,9-15,35H2,1-2H3,(H,36,37). The van der Waals surface area contributed by atoms with E-state index in [-0.39, 0.29) is 46.4 Å². The Hall–Kier alpha value is -4.35. The molecule has 2 aliphatic rings. The van der Waals surface area contributed by atoms with Crippen molar-refractivity contribution in [2.24, 2.45) is 13.0 Å². The quantitative estimate of drug-likeness (QED) is 0.222. The molecule has 0 bridgehead atoms. The lowest BCUT2D eigenvalue weighted by atomic mass is 9.90. The van der Waals surface area contributed by atoms with Crippen molar-refractivity contribution in [1.82, 2.24) is 14.5 Å². The second-order valence-corrected chi connectivity index (χ2v) is 12.6. The van der Waals surface area contributed by atoms with Crippen molar-refractivity contribution in [2.75, 3.05) is 37.4 Å². The number of aryl methyl sites for hydroxylation is 2. The number of aromatic nitrogens is 2. The number of carbonyl (C=O) groups is 2. The molecule has 0 spiro atoms. The summed E-state index contributed by atoms with van der Waals surface area (Å²) in [6, 6.07) is 11.7. The van der Waals surface area contributed by atoms with Gasteiger partial charge in [-0.2, -0.15) is 0 Å². The molecule has 9 nitrogen and oxygen atoms in total. The van der Waals surface area contributed by atoms with Crippen LogP contribution >= 0.6 is 11.3 Å². The summed E-state index contributed by atoms with van der Waals surface area (Å²) in [6.07, 6.45) is 4.47. The van der Waals surface area contributed by atoms with E-state index in [9.17, 15) is 14.4 Å². The predicted molar refractivity (Wildman–Crippen MR) is 169 cm³/mol. The van der Waals surface area contributed by atoms with Crippen LogP contribution in [0.25, 0.3) is 11.3 Å². The number of thiophene rings is 1. The van der Waals surface area contributed by atoms with E-state index < -0.39 is 11.4 Å². The van der Waals surface area contributed by atoms with Crippen LogP contribution in [0.3, 0.4) is 0 Å². The molecule has 2 aromatic carbocycles. The first kappa shape index (κ1) is 29.7. The third-order valence-corrected chi connectivity index (χ3v) is 9.50. The largest absolute Gasteiger partial charge is 0.398 e. The zero-order chi connectivity index (χ0) is 31.0. The van der Waals surface area contributed by atoms with E-state index >= 15 is 4.39 Å². The molecule has 4 aromatic rings. The number of nitrogens with zero attached hydrogens (tertiary/aromatic N) is 3. The van der Waals surface area contributed by atoms with Crippen LogP contribution in [0.15, 0.2) is 53.5 Å². The normalized spacial score (nSPS) is 16.4. The Labute approximate surface area is 258 Å². The summed E-state index contributed by atoms with van der Waals surface area (Å²) < 4.78 is 22.5. The molecule has 6 rings (SSSR count). The van der Waals surface area contributed by atoms with Gasteiger partial charge in [-0.15, -0.1) is 11.3 Å². The Bertz CT molecular complexity index is 1810. The molecule has 3 N–H and O–H groups in total. The number of anilines is 3. The number of nitrogens with one attached hydrogen (secondary N) is 1. The molecular weight excluding hydrogens is 581 g/mol. The van der Waals surface area contributed by atoms with Gasteiger partial charge in [0.15, 0.2) is 11.6 Å². The maximum atomic E-state index is 15.9. The van der Waals surface area contributed by atoms with Gasteiger partial charge in [-0.05, 0) is 66.6 Å². The highest BCUT2D eigenvalue weighted by Gasteiger charge is 2.23. The zero-order valence-corrected chi connectivity index (χ0v) is 25.5. The summed E-state index contributed by atoms with van der Waals surface area (Å²) in [5.74, 6) is -0.282. The molecule has 1 unspecified atom stereocenters.